The molecule has 5 rings (SSSR count). The number of hydrogen-bond acceptors (Lipinski definition) is 7. The van der Waals surface area contributed by atoms with Crippen LogP contribution in [0.15, 0.2) is 60.0 Å². The number of carboxylic acid groups (broad SMARTS) is 1. The molecule has 11 nitrogen and oxygen atoms in total. The van der Waals surface area contributed by atoms with Crippen LogP contribution in [0.1, 0.15) is 30.7 Å². The number of nitrogens with zero attached hydrogens (tertiary/aromatic N) is 6. The predicted octanol–water partition coefficient (Wildman–Crippen LogP) is 3.17. The van der Waals surface area contributed by atoms with E-state index in [-0.39, 0.29) is 18.1 Å². The molecule has 3 N–H and O–H groups in total. The van der Waals surface area contributed by atoms with E-state index in [9.17, 15) is 19.8 Å². The predicted molar refractivity (Wildman–Crippen MR) is 138 cm³/mol. The Labute approximate surface area is 212 Å². The van der Waals surface area contributed by atoms with Crippen molar-refractivity contribution in [2.75, 3.05) is 11.9 Å². The van der Waals surface area contributed by atoms with Crippen molar-refractivity contribution in [3.8, 4) is 5.82 Å². The quantitative estimate of drug-likeness (QED) is 0.343. The average molecular weight is 502 g/mol. The van der Waals surface area contributed by atoms with Gasteiger partial charge in [0.2, 0.25) is 5.95 Å². The number of anilines is 2. The van der Waals surface area contributed by atoms with Gasteiger partial charge in [0.1, 0.15) is 11.0 Å². The fraction of sp³-hybridized carbons (Fsp3) is 0.269. The number of aliphatic hydroxyl groups is 1. The van der Waals surface area contributed by atoms with Crippen molar-refractivity contribution < 1.29 is 15.0 Å². The van der Waals surface area contributed by atoms with E-state index in [1.165, 1.54) is 15.8 Å². The van der Waals surface area contributed by atoms with E-state index in [1.807, 2.05) is 18.2 Å². The van der Waals surface area contributed by atoms with E-state index >= 15 is 0 Å². The van der Waals surface area contributed by atoms with Crippen molar-refractivity contribution in [3.63, 3.8) is 0 Å². The summed E-state index contributed by atoms with van der Waals surface area (Å²) in [5.41, 5.74) is 2.05. The van der Waals surface area contributed by atoms with Gasteiger partial charge in [-0.25, -0.2) is 24.1 Å². The molecule has 0 radical (unpaired) electrons. The Kier molecular flexibility index (Phi) is 6.00. The number of fused-ring (bicyclic) bond motifs is 2. The molecule has 37 heavy (non-hydrogen) atoms. The third kappa shape index (κ3) is 4.56. The van der Waals surface area contributed by atoms with Crippen LogP contribution in [-0.4, -0.2) is 52.1 Å². The first-order valence-corrected chi connectivity index (χ1v) is 11.8. The summed E-state index contributed by atoms with van der Waals surface area (Å²) in [5, 5.41) is 23.3. The standard InChI is InChI=1S/C26H27N7O4/c1-4-11-32-23(34)19-14-27-24(28-18-9-8-16-10-12-31(25(35)36)15-17(16)13-18)30-22(19)33(32)21-7-5-6-20(29-21)26(2,3)37/h4-9,13-14,37H,1,10-12,15H2,2-3H3,(H,35,36)(H,27,28,30). The van der Waals surface area contributed by atoms with E-state index in [1.54, 1.807) is 42.8 Å². The van der Waals surface area contributed by atoms with Crippen molar-refractivity contribution in [1.29, 1.82) is 0 Å². The van der Waals surface area contributed by atoms with Gasteiger partial charge < -0.3 is 20.4 Å². The minimum atomic E-state index is -1.17. The number of benzene rings is 1. The zero-order valence-electron chi connectivity index (χ0n) is 20.5. The van der Waals surface area contributed by atoms with Crippen LogP contribution in [0.5, 0.6) is 0 Å². The molecule has 0 spiro atoms. The van der Waals surface area contributed by atoms with Crippen molar-refractivity contribution in [3.05, 3.63) is 82.4 Å². The van der Waals surface area contributed by atoms with Gasteiger partial charge in [-0.2, -0.15) is 4.98 Å². The van der Waals surface area contributed by atoms with Gasteiger partial charge in [-0.3, -0.25) is 4.79 Å². The van der Waals surface area contributed by atoms with Crippen LogP contribution in [0.25, 0.3) is 16.9 Å². The van der Waals surface area contributed by atoms with Gasteiger partial charge in [-0.1, -0.05) is 18.2 Å². The highest BCUT2D eigenvalue weighted by Gasteiger charge is 2.23. The van der Waals surface area contributed by atoms with Gasteiger partial charge in [0.05, 0.1) is 12.2 Å². The maximum Gasteiger partial charge on any atom is 0.407 e. The normalized spacial score (nSPS) is 13.4. The minimum absolute atomic E-state index is 0.220. The molecule has 1 aromatic carbocycles. The number of nitrogens with one attached hydrogen (secondary N) is 1. The molecule has 190 valence electrons. The summed E-state index contributed by atoms with van der Waals surface area (Å²) < 4.78 is 3.06. The van der Waals surface area contributed by atoms with Gasteiger partial charge in [-0.05, 0) is 55.7 Å². The number of pyridine rings is 1. The van der Waals surface area contributed by atoms with E-state index in [2.05, 4.69) is 26.8 Å². The Bertz CT molecular complexity index is 1580. The molecule has 1 aliphatic heterocycles. The Morgan fingerprint density at radius 1 is 1.22 bits per heavy atom. The van der Waals surface area contributed by atoms with Crippen LogP contribution in [-0.2, 0) is 25.1 Å². The molecule has 1 aliphatic rings. The number of aromatic nitrogens is 5. The largest absolute Gasteiger partial charge is 0.465 e. The van der Waals surface area contributed by atoms with Gasteiger partial charge in [0, 0.05) is 25.0 Å². The van der Waals surface area contributed by atoms with Gasteiger partial charge >= 0.3 is 6.09 Å². The Morgan fingerprint density at radius 2 is 2.03 bits per heavy atom. The van der Waals surface area contributed by atoms with Crippen LogP contribution >= 0.6 is 0 Å². The third-order valence-corrected chi connectivity index (χ3v) is 6.30. The number of amides is 1. The minimum Gasteiger partial charge on any atom is -0.465 e. The Balaban J connectivity index is 1.57. The summed E-state index contributed by atoms with van der Waals surface area (Å²) in [7, 11) is 0. The molecule has 1 amide bonds. The first-order valence-electron chi connectivity index (χ1n) is 11.8. The second-order valence-electron chi connectivity index (χ2n) is 9.42. The zero-order valence-corrected chi connectivity index (χ0v) is 20.5. The van der Waals surface area contributed by atoms with Crippen LogP contribution in [0.4, 0.5) is 16.4 Å². The number of allylic oxidation sites excluding steroid dienone is 1. The summed E-state index contributed by atoms with van der Waals surface area (Å²) in [6.45, 7) is 8.04. The molecule has 4 heterocycles. The number of carbonyl (C=O) groups is 1. The van der Waals surface area contributed by atoms with Crippen LogP contribution in [0, 0.1) is 0 Å². The van der Waals surface area contributed by atoms with E-state index in [4.69, 9.17) is 0 Å². The molecule has 4 aromatic rings. The smallest absolute Gasteiger partial charge is 0.407 e. The van der Waals surface area contributed by atoms with Crippen LogP contribution in [0.2, 0.25) is 0 Å². The lowest BCUT2D eigenvalue weighted by molar-refractivity contribution is 0.0738. The summed E-state index contributed by atoms with van der Waals surface area (Å²) in [6, 6.07) is 11.0. The highest BCUT2D eigenvalue weighted by molar-refractivity contribution is 5.77. The molecule has 0 aliphatic carbocycles. The Hall–Kier alpha value is -4.51. The lowest BCUT2D eigenvalue weighted by Gasteiger charge is -2.26. The maximum absolute atomic E-state index is 13.2. The topological polar surface area (TPSA) is 138 Å². The SMILES string of the molecule is C=CCn1c(=O)c2cnc(Nc3ccc4c(c3)CN(C(=O)O)CC4)nc2n1-c1cccc(C(C)(C)O)n1. The number of rotatable bonds is 6. The van der Waals surface area contributed by atoms with Gasteiger partial charge in [-0.15, -0.1) is 6.58 Å². The molecular weight excluding hydrogens is 474 g/mol. The van der Waals surface area contributed by atoms with Crippen molar-refractivity contribution in [2.24, 2.45) is 0 Å². The summed E-state index contributed by atoms with van der Waals surface area (Å²) in [5.74, 6) is 0.683. The van der Waals surface area contributed by atoms with Gasteiger partial charge in [0.15, 0.2) is 11.5 Å². The Morgan fingerprint density at radius 3 is 2.76 bits per heavy atom. The van der Waals surface area contributed by atoms with Gasteiger partial charge in [0.25, 0.3) is 5.56 Å². The summed E-state index contributed by atoms with van der Waals surface area (Å²) in [6.07, 6.45) is 2.79. The van der Waals surface area contributed by atoms with E-state index in [0.29, 0.717) is 47.7 Å². The average Bonchev–Trinajstić information content (AvgIpc) is 3.14. The molecule has 0 fully saturated rings. The molecule has 11 heteroatoms. The zero-order chi connectivity index (χ0) is 26.3. The highest BCUT2D eigenvalue weighted by atomic mass is 16.4. The van der Waals surface area contributed by atoms with Crippen molar-refractivity contribution >= 4 is 28.8 Å². The van der Waals surface area contributed by atoms with Crippen LogP contribution < -0.4 is 10.9 Å². The highest BCUT2D eigenvalue weighted by Crippen LogP contribution is 2.25. The van der Waals surface area contributed by atoms with E-state index < -0.39 is 11.7 Å². The maximum atomic E-state index is 13.2. The molecule has 0 saturated carbocycles. The monoisotopic (exact) mass is 501 g/mol. The molecule has 0 atom stereocenters. The summed E-state index contributed by atoms with van der Waals surface area (Å²) in [4.78, 5) is 39.5. The second kappa shape index (κ2) is 9.17. The molecule has 3 aromatic heterocycles. The second-order valence-corrected chi connectivity index (χ2v) is 9.42. The fourth-order valence-corrected chi connectivity index (χ4v) is 4.42. The van der Waals surface area contributed by atoms with E-state index in [0.717, 1.165) is 11.1 Å². The first kappa shape index (κ1) is 24.2. The third-order valence-electron chi connectivity index (χ3n) is 6.30. The lowest BCUT2D eigenvalue weighted by atomic mass is 9.99. The molecular formula is C26H27N7O4. The molecule has 0 saturated heterocycles. The molecule has 0 bridgehead atoms. The van der Waals surface area contributed by atoms with Crippen LogP contribution in [0.3, 0.4) is 0 Å². The number of hydrogen-bond donors (Lipinski definition) is 3. The fourth-order valence-electron chi connectivity index (χ4n) is 4.42. The summed E-state index contributed by atoms with van der Waals surface area (Å²) >= 11 is 0. The first-order chi connectivity index (χ1) is 17.7. The van der Waals surface area contributed by atoms with Crippen molar-refractivity contribution in [2.45, 2.75) is 39.0 Å². The van der Waals surface area contributed by atoms with Crippen molar-refractivity contribution in [1.82, 2.24) is 29.2 Å². The molecule has 0 unspecified atom stereocenters. The lowest BCUT2D eigenvalue weighted by Crippen LogP contribution is -2.34.